The summed E-state index contributed by atoms with van der Waals surface area (Å²) < 4.78 is 44.1. The van der Waals surface area contributed by atoms with Crippen LogP contribution in [0.1, 0.15) is 29.6 Å². The molecule has 1 fully saturated rings. The van der Waals surface area contributed by atoms with Crippen molar-refractivity contribution >= 4 is 16.8 Å². The lowest BCUT2D eigenvalue weighted by atomic mass is 10.1. The van der Waals surface area contributed by atoms with Gasteiger partial charge in [-0.05, 0) is 18.1 Å². The number of amides is 1. The lowest BCUT2D eigenvalue weighted by molar-refractivity contribution is -0.159. The molecule has 27 heavy (non-hydrogen) atoms. The first-order valence-corrected chi connectivity index (χ1v) is 8.54. The number of likely N-dealkylation sites (tertiary alicyclic amines) is 1. The fourth-order valence-electron chi connectivity index (χ4n) is 3.55. The van der Waals surface area contributed by atoms with Gasteiger partial charge in [-0.1, -0.05) is 23.4 Å². The van der Waals surface area contributed by atoms with Gasteiger partial charge in [-0.3, -0.25) is 4.79 Å². The molecule has 0 bridgehead atoms. The van der Waals surface area contributed by atoms with E-state index in [1.54, 1.807) is 4.90 Å². The van der Waals surface area contributed by atoms with Crippen LogP contribution in [0.15, 0.2) is 35.0 Å². The van der Waals surface area contributed by atoms with E-state index in [0.29, 0.717) is 19.5 Å². The van der Waals surface area contributed by atoms with Crippen LogP contribution in [0.2, 0.25) is 0 Å². The van der Waals surface area contributed by atoms with E-state index in [0.717, 1.165) is 16.5 Å². The van der Waals surface area contributed by atoms with E-state index in [1.807, 2.05) is 42.1 Å². The molecule has 1 aliphatic heterocycles. The third kappa shape index (κ3) is 3.29. The van der Waals surface area contributed by atoms with Crippen molar-refractivity contribution in [2.75, 3.05) is 13.1 Å². The topological polar surface area (TPSA) is 64.2 Å². The number of rotatable bonds is 3. The van der Waals surface area contributed by atoms with Gasteiger partial charge in [0.2, 0.25) is 5.91 Å². The molecular formula is C18H17F3N4O2. The summed E-state index contributed by atoms with van der Waals surface area (Å²) in [6.45, 7) is 0.755. The SMILES string of the molecule is Cn1cc(CC(=O)N2CCC(c3noc(C(F)(F)F)n3)C2)c2ccccc21. The maximum atomic E-state index is 12.7. The van der Waals surface area contributed by atoms with Crippen LogP contribution in [0.3, 0.4) is 0 Å². The average molecular weight is 378 g/mol. The standard InChI is InChI=1S/C18H17F3N4O2/c1-24-9-12(13-4-2-3-5-14(13)24)8-15(26)25-7-6-11(10-25)16-22-17(27-23-16)18(19,20)21/h2-5,9,11H,6-8,10H2,1H3. The normalized spacial score (nSPS) is 17.8. The van der Waals surface area contributed by atoms with Crippen LogP contribution in [0, 0.1) is 0 Å². The lowest BCUT2D eigenvalue weighted by Crippen LogP contribution is -2.30. The molecule has 0 saturated carbocycles. The van der Waals surface area contributed by atoms with E-state index in [9.17, 15) is 18.0 Å². The van der Waals surface area contributed by atoms with Gasteiger partial charge in [-0.15, -0.1) is 0 Å². The first-order chi connectivity index (χ1) is 12.8. The summed E-state index contributed by atoms with van der Waals surface area (Å²) in [7, 11) is 1.93. The van der Waals surface area contributed by atoms with Crippen molar-refractivity contribution in [3.63, 3.8) is 0 Å². The van der Waals surface area contributed by atoms with Gasteiger partial charge in [0, 0.05) is 43.2 Å². The number of carbonyl (C=O) groups is 1. The number of para-hydroxylation sites is 1. The predicted molar refractivity (Wildman–Crippen MR) is 89.9 cm³/mol. The molecule has 3 aromatic rings. The Hall–Kier alpha value is -2.84. The molecule has 1 atom stereocenters. The molecule has 0 spiro atoms. The zero-order valence-electron chi connectivity index (χ0n) is 14.5. The fourth-order valence-corrected chi connectivity index (χ4v) is 3.55. The zero-order chi connectivity index (χ0) is 19.2. The minimum atomic E-state index is -4.66. The van der Waals surface area contributed by atoms with Crippen LogP contribution in [0.25, 0.3) is 10.9 Å². The zero-order valence-corrected chi connectivity index (χ0v) is 14.5. The summed E-state index contributed by atoms with van der Waals surface area (Å²) >= 11 is 0. The summed E-state index contributed by atoms with van der Waals surface area (Å²) in [5.74, 6) is -1.75. The van der Waals surface area contributed by atoms with E-state index < -0.39 is 12.1 Å². The van der Waals surface area contributed by atoms with Crippen LogP contribution in [-0.2, 0) is 24.4 Å². The molecule has 0 N–H and O–H groups in total. The number of halogens is 3. The van der Waals surface area contributed by atoms with Gasteiger partial charge in [0.1, 0.15) is 0 Å². The molecule has 2 aromatic heterocycles. The molecule has 1 aliphatic rings. The summed E-state index contributed by atoms with van der Waals surface area (Å²) in [6.07, 6.45) is -1.97. The van der Waals surface area contributed by atoms with E-state index in [-0.39, 0.29) is 24.1 Å². The van der Waals surface area contributed by atoms with Crippen molar-refractivity contribution in [3.8, 4) is 0 Å². The molecule has 1 saturated heterocycles. The number of hydrogen-bond donors (Lipinski definition) is 0. The minimum Gasteiger partial charge on any atom is -0.350 e. The number of hydrogen-bond acceptors (Lipinski definition) is 4. The Morgan fingerprint density at radius 1 is 1.33 bits per heavy atom. The van der Waals surface area contributed by atoms with Gasteiger partial charge in [0.15, 0.2) is 5.82 Å². The Bertz CT molecular complexity index is 992. The highest BCUT2D eigenvalue weighted by Crippen LogP contribution is 2.31. The van der Waals surface area contributed by atoms with Crippen LogP contribution < -0.4 is 0 Å². The fraction of sp³-hybridized carbons (Fsp3) is 0.389. The van der Waals surface area contributed by atoms with E-state index in [2.05, 4.69) is 14.7 Å². The summed E-state index contributed by atoms with van der Waals surface area (Å²) in [6, 6.07) is 7.84. The molecule has 1 amide bonds. The predicted octanol–water partition coefficient (Wildman–Crippen LogP) is 3.14. The summed E-state index contributed by atoms with van der Waals surface area (Å²) in [4.78, 5) is 17.8. The molecule has 3 heterocycles. The van der Waals surface area contributed by atoms with Crippen molar-refractivity contribution in [2.24, 2.45) is 7.05 Å². The molecule has 6 nitrogen and oxygen atoms in total. The molecule has 1 aromatic carbocycles. The number of benzene rings is 1. The molecule has 9 heteroatoms. The van der Waals surface area contributed by atoms with Crippen molar-refractivity contribution < 1.29 is 22.5 Å². The molecule has 4 rings (SSSR count). The second-order valence-electron chi connectivity index (χ2n) is 6.74. The maximum Gasteiger partial charge on any atom is 0.471 e. The number of aromatic nitrogens is 3. The summed E-state index contributed by atoms with van der Waals surface area (Å²) in [5.41, 5.74) is 1.98. The highest BCUT2D eigenvalue weighted by atomic mass is 19.4. The van der Waals surface area contributed by atoms with Gasteiger partial charge in [-0.25, -0.2) is 0 Å². The first kappa shape index (κ1) is 17.6. The molecule has 1 unspecified atom stereocenters. The number of carbonyl (C=O) groups excluding carboxylic acids is 1. The lowest BCUT2D eigenvalue weighted by Gasteiger charge is -2.15. The number of aryl methyl sites for hydroxylation is 1. The number of fused-ring (bicyclic) bond motifs is 1. The van der Waals surface area contributed by atoms with Gasteiger partial charge in [0.25, 0.3) is 0 Å². The third-order valence-electron chi connectivity index (χ3n) is 4.91. The van der Waals surface area contributed by atoms with E-state index in [4.69, 9.17) is 0 Å². The van der Waals surface area contributed by atoms with Crippen molar-refractivity contribution in [1.82, 2.24) is 19.6 Å². The Morgan fingerprint density at radius 2 is 2.11 bits per heavy atom. The Balaban J connectivity index is 1.45. The maximum absolute atomic E-state index is 12.7. The molecule has 0 radical (unpaired) electrons. The monoisotopic (exact) mass is 378 g/mol. The van der Waals surface area contributed by atoms with Crippen LogP contribution >= 0.6 is 0 Å². The Morgan fingerprint density at radius 3 is 2.85 bits per heavy atom. The smallest absolute Gasteiger partial charge is 0.350 e. The van der Waals surface area contributed by atoms with Crippen LogP contribution in [0.5, 0.6) is 0 Å². The highest BCUT2D eigenvalue weighted by molar-refractivity contribution is 5.89. The number of alkyl halides is 3. The van der Waals surface area contributed by atoms with Gasteiger partial charge < -0.3 is 14.0 Å². The van der Waals surface area contributed by atoms with Crippen molar-refractivity contribution in [3.05, 3.63) is 47.7 Å². The molecule has 0 aliphatic carbocycles. The average Bonchev–Trinajstić information content (AvgIpc) is 3.33. The van der Waals surface area contributed by atoms with Crippen LogP contribution in [-0.4, -0.2) is 38.6 Å². The summed E-state index contributed by atoms with van der Waals surface area (Å²) in [5, 5.41) is 4.46. The Kier molecular flexibility index (Phi) is 4.16. The van der Waals surface area contributed by atoms with Crippen molar-refractivity contribution in [1.29, 1.82) is 0 Å². The third-order valence-corrected chi connectivity index (χ3v) is 4.91. The molecular weight excluding hydrogens is 361 g/mol. The van der Waals surface area contributed by atoms with Gasteiger partial charge in [0.05, 0.1) is 6.42 Å². The Labute approximate surface area is 152 Å². The second-order valence-corrected chi connectivity index (χ2v) is 6.74. The second kappa shape index (κ2) is 6.40. The van der Waals surface area contributed by atoms with Gasteiger partial charge in [-0.2, -0.15) is 18.2 Å². The highest BCUT2D eigenvalue weighted by Gasteiger charge is 2.40. The quantitative estimate of drug-likeness (QED) is 0.702. The van der Waals surface area contributed by atoms with Crippen molar-refractivity contribution in [2.45, 2.75) is 24.9 Å². The number of nitrogens with zero attached hydrogens (tertiary/aromatic N) is 4. The first-order valence-electron chi connectivity index (χ1n) is 8.54. The van der Waals surface area contributed by atoms with Gasteiger partial charge >= 0.3 is 12.1 Å². The van der Waals surface area contributed by atoms with E-state index in [1.165, 1.54) is 0 Å². The largest absolute Gasteiger partial charge is 0.471 e. The molecule has 142 valence electrons. The van der Waals surface area contributed by atoms with E-state index >= 15 is 0 Å². The van der Waals surface area contributed by atoms with Crippen LogP contribution in [0.4, 0.5) is 13.2 Å². The minimum absolute atomic E-state index is 0.00258.